The van der Waals surface area contributed by atoms with Crippen LogP contribution in [-0.4, -0.2) is 24.8 Å². The molecule has 1 atom stereocenters. The Morgan fingerprint density at radius 2 is 2.07 bits per heavy atom. The van der Waals surface area contributed by atoms with Gasteiger partial charge in [-0.15, -0.1) is 5.10 Å². The van der Waals surface area contributed by atoms with Crippen LogP contribution in [-0.2, 0) is 14.1 Å². The van der Waals surface area contributed by atoms with E-state index in [0.717, 1.165) is 11.3 Å². The molecule has 0 radical (unpaired) electrons. The SMILES string of the molecule is Cn1cc(C(N)c2cn(C)nn2)cn1. The lowest BCUT2D eigenvalue weighted by Crippen LogP contribution is -2.11. The number of aromatic nitrogens is 5. The number of hydrogen-bond donors (Lipinski definition) is 1. The molecule has 2 heterocycles. The van der Waals surface area contributed by atoms with Crippen LogP contribution in [0, 0.1) is 0 Å². The second-order valence-corrected chi connectivity index (χ2v) is 3.24. The second-order valence-electron chi connectivity index (χ2n) is 3.24. The van der Waals surface area contributed by atoms with E-state index in [1.54, 1.807) is 21.8 Å². The molecule has 0 saturated carbocycles. The first-order valence-electron chi connectivity index (χ1n) is 4.27. The largest absolute Gasteiger partial charge is 0.319 e. The quantitative estimate of drug-likeness (QED) is 0.702. The van der Waals surface area contributed by atoms with Gasteiger partial charge in [-0.3, -0.25) is 9.36 Å². The Morgan fingerprint density at radius 1 is 1.29 bits per heavy atom. The molecule has 2 aromatic heterocycles. The Morgan fingerprint density at radius 3 is 2.57 bits per heavy atom. The molecule has 74 valence electrons. The van der Waals surface area contributed by atoms with E-state index < -0.39 is 0 Å². The van der Waals surface area contributed by atoms with Gasteiger partial charge in [-0.25, -0.2) is 0 Å². The molecule has 0 fully saturated rings. The van der Waals surface area contributed by atoms with E-state index in [0.29, 0.717) is 0 Å². The zero-order valence-electron chi connectivity index (χ0n) is 8.12. The van der Waals surface area contributed by atoms with E-state index in [9.17, 15) is 0 Å². The van der Waals surface area contributed by atoms with Gasteiger partial charge >= 0.3 is 0 Å². The molecule has 0 bridgehead atoms. The van der Waals surface area contributed by atoms with E-state index in [1.165, 1.54) is 0 Å². The summed E-state index contributed by atoms with van der Waals surface area (Å²) in [6, 6.07) is -0.252. The highest BCUT2D eigenvalue weighted by atomic mass is 15.4. The first kappa shape index (κ1) is 8.89. The summed E-state index contributed by atoms with van der Waals surface area (Å²) in [5, 5.41) is 11.8. The number of rotatable bonds is 2. The third-order valence-electron chi connectivity index (χ3n) is 2.02. The van der Waals surface area contributed by atoms with Gasteiger partial charge in [0.1, 0.15) is 5.69 Å². The third-order valence-corrected chi connectivity index (χ3v) is 2.02. The molecule has 0 spiro atoms. The molecule has 1 unspecified atom stereocenters. The molecule has 2 rings (SSSR count). The Labute approximate surface area is 81.3 Å². The van der Waals surface area contributed by atoms with Crippen LogP contribution in [0.5, 0.6) is 0 Å². The molecule has 6 heteroatoms. The van der Waals surface area contributed by atoms with Crippen LogP contribution in [0.1, 0.15) is 17.3 Å². The fourth-order valence-electron chi connectivity index (χ4n) is 1.28. The van der Waals surface area contributed by atoms with Crippen molar-refractivity contribution < 1.29 is 0 Å². The zero-order valence-corrected chi connectivity index (χ0v) is 8.12. The minimum absolute atomic E-state index is 0.252. The Hall–Kier alpha value is -1.69. The minimum Gasteiger partial charge on any atom is -0.319 e. The summed E-state index contributed by atoms with van der Waals surface area (Å²) in [7, 11) is 3.67. The molecule has 6 nitrogen and oxygen atoms in total. The summed E-state index contributed by atoms with van der Waals surface area (Å²) in [4.78, 5) is 0. The molecule has 2 aromatic rings. The van der Waals surface area contributed by atoms with Crippen LogP contribution in [0.3, 0.4) is 0 Å². The van der Waals surface area contributed by atoms with Gasteiger partial charge in [0.25, 0.3) is 0 Å². The molecule has 0 aliphatic rings. The van der Waals surface area contributed by atoms with Crippen molar-refractivity contribution in [3.63, 3.8) is 0 Å². The highest BCUT2D eigenvalue weighted by molar-refractivity contribution is 5.20. The number of hydrogen-bond acceptors (Lipinski definition) is 4. The van der Waals surface area contributed by atoms with E-state index in [1.807, 2.05) is 20.3 Å². The predicted octanol–water partition coefficient (Wildman–Crippen LogP) is -0.403. The number of nitrogens with zero attached hydrogens (tertiary/aromatic N) is 5. The van der Waals surface area contributed by atoms with E-state index in [-0.39, 0.29) is 6.04 Å². The van der Waals surface area contributed by atoms with Gasteiger partial charge in [0.15, 0.2) is 0 Å². The minimum atomic E-state index is -0.252. The van der Waals surface area contributed by atoms with E-state index in [4.69, 9.17) is 5.73 Å². The van der Waals surface area contributed by atoms with Crippen LogP contribution in [0.25, 0.3) is 0 Å². The van der Waals surface area contributed by atoms with Crippen molar-refractivity contribution in [2.45, 2.75) is 6.04 Å². The summed E-state index contributed by atoms with van der Waals surface area (Å²) in [5.74, 6) is 0. The van der Waals surface area contributed by atoms with Crippen molar-refractivity contribution in [2.75, 3.05) is 0 Å². The van der Waals surface area contributed by atoms with E-state index in [2.05, 4.69) is 15.4 Å². The monoisotopic (exact) mass is 192 g/mol. The van der Waals surface area contributed by atoms with Crippen molar-refractivity contribution in [3.05, 3.63) is 29.8 Å². The highest BCUT2D eigenvalue weighted by Crippen LogP contribution is 2.15. The standard InChI is InChI=1S/C8H12N6/c1-13-4-6(3-10-13)8(9)7-5-14(2)12-11-7/h3-5,8H,9H2,1-2H3. The topological polar surface area (TPSA) is 74.5 Å². The van der Waals surface area contributed by atoms with Crippen molar-refractivity contribution in [3.8, 4) is 0 Å². The average Bonchev–Trinajstić information content (AvgIpc) is 2.73. The van der Waals surface area contributed by atoms with Crippen LogP contribution < -0.4 is 5.73 Å². The highest BCUT2D eigenvalue weighted by Gasteiger charge is 2.13. The molecule has 0 aliphatic carbocycles. The fraction of sp³-hybridized carbons (Fsp3) is 0.375. The first-order valence-corrected chi connectivity index (χ1v) is 4.27. The maximum atomic E-state index is 5.97. The van der Waals surface area contributed by atoms with E-state index >= 15 is 0 Å². The summed E-state index contributed by atoms with van der Waals surface area (Å²) in [6.45, 7) is 0. The molecular formula is C8H12N6. The van der Waals surface area contributed by atoms with Crippen molar-refractivity contribution in [1.82, 2.24) is 24.8 Å². The zero-order chi connectivity index (χ0) is 10.1. The molecule has 0 aliphatic heterocycles. The molecule has 2 N–H and O–H groups in total. The Bertz CT molecular complexity index is 388. The molecule has 14 heavy (non-hydrogen) atoms. The lowest BCUT2D eigenvalue weighted by molar-refractivity contribution is 0.710. The summed E-state index contributed by atoms with van der Waals surface area (Å²) >= 11 is 0. The van der Waals surface area contributed by atoms with Gasteiger partial charge in [0, 0.05) is 25.9 Å². The van der Waals surface area contributed by atoms with Gasteiger partial charge in [-0.2, -0.15) is 5.10 Å². The number of nitrogens with two attached hydrogens (primary N) is 1. The third kappa shape index (κ3) is 1.51. The summed E-state index contributed by atoms with van der Waals surface area (Å²) in [6.07, 6.45) is 5.41. The lowest BCUT2D eigenvalue weighted by Gasteiger charge is -2.03. The van der Waals surface area contributed by atoms with Crippen LogP contribution in [0.15, 0.2) is 18.6 Å². The van der Waals surface area contributed by atoms with Crippen molar-refractivity contribution >= 4 is 0 Å². The molecule has 0 aromatic carbocycles. The fourth-order valence-corrected chi connectivity index (χ4v) is 1.28. The van der Waals surface area contributed by atoms with Gasteiger partial charge in [-0.1, -0.05) is 5.21 Å². The second kappa shape index (κ2) is 3.22. The van der Waals surface area contributed by atoms with Gasteiger partial charge < -0.3 is 5.73 Å². The summed E-state index contributed by atoms with van der Waals surface area (Å²) < 4.78 is 3.34. The van der Waals surface area contributed by atoms with Gasteiger partial charge in [0.2, 0.25) is 0 Å². The normalized spacial score (nSPS) is 13.1. The maximum absolute atomic E-state index is 5.97. The first-order chi connectivity index (χ1) is 6.66. The average molecular weight is 192 g/mol. The molecule has 0 saturated heterocycles. The lowest BCUT2D eigenvalue weighted by atomic mass is 10.1. The molecular weight excluding hydrogens is 180 g/mol. The van der Waals surface area contributed by atoms with Gasteiger partial charge in [-0.05, 0) is 0 Å². The predicted molar refractivity (Wildman–Crippen MR) is 50.2 cm³/mol. The smallest absolute Gasteiger partial charge is 0.104 e. The van der Waals surface area contributed by atoms with Crippen molar-refractivity contribution in [1.29, 1.82) is 0 Å². The number of aryl methyl sites for hydroxylation is 2. The Kier molecular flexibility index (Phi) is 2.05. The van der Waals surface area contributed by atoms with Gasteiger partial charge in [0.05, 0.1) is 18.4 Å². The maximum Gasteiger partial charge on any atom is 0.104 e. The van der Waals surface area contributed by atoms with Crippen LogP contribution in [0.4, 0.5) is 0 Å². The van der Waals surface area contributed by atoms with Crippen LogP contribution >= 0.6 is 0 Å². The summed E-state index contributed by atoms with van der Waals surface area (Å²) in [5.41, 5.74) is 7.66. The Balaban J connectivity index is 2.28. The van der Waals surface area contributed by atoms with Crippen LogP contribution in [0.2, 0.25) is 0 Å². The molecule has 0 amide bonds. The van der Waals surface area contributed by atoms with Crippen molar-refractivity contribution in [2.24, 2.45) is 19.8 Å².